The minimum Gasteiger partial charge on any atom is -0.393 e. The minimum atomic E-state index is -0.121. The number of rotatable bonds is 3. The van der Waals surface area contributed by atoms with Gasteiger partial charge in [-0.25, -0.2) is 0 Å². The van der Waals surface area contributed by atoms with Crippen molar-refractivity contribution in [3.05, 3.63) is 59.7 Å². The van der Waals surface area contributed by atoms with Crippen LogP contribution in [0.25, 0.3) is 10.8 Å². The van der Waals surface area contributed by atoms with Crippen molar-refractivity contribution in [1.82, 2.24) is 0 Å². The van der Waals surface area contributed by atoms with Crippen LogP contribution < -0.4 is 0 Å². The van der Waals surface area contributed by atoms with Gasteiger partial charge < -0.3 is 5.11 Å². The van der Waals surface area contributed by atoms with Crippen molar-refractivity contribution in [3.63, 3.8) is 0 Å². The highest BCUT2D eigenvalue weighted by molar-refractivity contribution is 5.91. The topological polar surface area (TPSA) is 45.0 Å². The fraction of sp³-hybridized carbons (Fsp3) is 0.562. The normalized spacial score (nSPS) is 39.3. The van der Waals surface area contributed by atoms with Gasteiger partial charge in [-0.05, 0) is 109 Å². The highest BCUT2D eigenvalue weighted by Crippen LogP contribution is 2.66. The molecule has 0 aromatic heterocycles. The summed E-state index contributed by atoms with van der Waals surface area (Å²) in [6, 6.07) is 14.9. The van der Waals surface area contributed by atoms with Gasteiger partial charge in [-0.1, -0.05) is 61.9 Å². The van der Waals surface area contributed by atoms with E-state index in [-0.39, 0.29) is 6.10 Å². The van der Waals surface area contributed by atoms with Crippen molar-refractivity contribution in [1.29, 1.82) is 0 Å². The quantitative estimate of drug-likeness (QED) is 0.282. The Morgan fingerprint density at radius 3 is 2.66 bits per heavy atom. The maximum atomic E-state index is 10.3. The lowest BCUT2D eigenvalue weighted by Gasteiger charge is -2.58. The second-order valence-electron chi connectivity index (χ2n) is 12.4. The lowest BCUT2D eigenvalue weighted by molar-refractivity contribution is -0.0423. The molecule has 2 aromatic rings. The second-order valence-corrected chi connectivity index (χ2v) is 12.4. The van der Waals surface area contributed by atoms with Crippen LogP contribution in [0.2, 0.25) is 0 Å². The predicted octanol–water partition coefficient (Wildman–Crippen LogP) is 7.57. The molecule has 7 atom stereocenters. The summed E-state index contributed by atoms with van der Waals surface area (Å²) in [7, 11) is 0. The van der Waals surface area contributed by atoms with Gasteiger partial charge in [0.05, 0.1) is 12.3 Å². The summed E-state index contributed by atoms with van der Waals surface area (Å²) in [5.74, 6) is 2.89. The van der Waals surface area contributed by atoms with E-state index in [1.807, 2.05) is 6.21 Å². The van der Waals surface area contributed by atoms with E-state index in [0.717, 1.165) is 42.6 Å². The van der Waals surface area contributed by atoms with E-state index in [2.05, 4.69) is 74.4 Å². The molecule has 3 nitrogen and oxygen atoms in total. The Hall–Kier alpha value is -2.26. The van der Waals surface area contributed by atoms with E-state index in [0.29, 0.717) is 16.7 Å². The number of aliphatic hydroxyl groups is 1. The van der Waals surface area contributed by atoms with Crippen LogP contribution in [-0.2, 0) is 0 Å². The molecule has 0 heterocycles. The zero-order chi connectivity index (χ0) is 24.2. The van der Waals surface area contributed by atoms with Crippen LogP contribution in [0, 0.1) is 34.5 Å². The van der Waals surface area contributed by atoms with Crippen molar-refractivity contribution >= 4 is 22.7 Å². The largest absolute Gasteiger partial charge is 0.393 e. The molecule has 3 heteroatoms. The first kappa shape index (κ1) is 23.2. The minimum absolute atomic E-state index is 0.121. The van der Waals surface area contributed by atoms with Crippen LogP contribution in [0.1, 0.15) is 77.7 Å². The molecule has 6 rings (SSSR count). The number of nitrogens with zero attached hydrogens (tertiary/aromatic N) is 2. The molecule has 2 aromatic carbocycles. The fourth-order valence-corrected chi connectivity index (χ4v) is 8.87. The average Bonchev–Trinajstić information content (AvgIpc) is 3.21. The van der Waals surface area contributed by atoms with Gasteiger partial charge in [0.1, 0.15) is 0 Å². The van der Waals surface area contributed by atoms with Crippen molar-refractivity contribution in [2.24, 2.45) is 44.7 Å². The van der Waals surface area contributed by atoms with Crippen molar-refractivity contribution in [3.8, 4) is 0 Å². The lowest BCUT2D eigenvalue weighted by atomic mass is 9.47. The Morgan fingerprint density at radius 1 is 0.971 bits per heavy atom. The first-order valence-electron chi connectivity index (χ1n) is 13.8. The summed E-state index contributed by atoms with van der Waals surface area (Å²) < 4.78 is 0. The van der Waals surface area contributed by atoms with E-state index in [1.54, 1.807) is 5.57 Å². The predicted molar refractivity (Wildman–Crippen MR) is 146 cm³/mol. The van der Waals surface area contributed by atoms with Crippen LogP contribution >= 0.6 is 0 Å². The first-order chi connectivity index (χ1) is 16.9. The molecule has 0 bridgehead atoms. The van der Waals surface area contributed by atoms with Crippen molar-refractivity contribution in [2.45, 2.75) is 78.2 Å². The molecule has 1 N–H and O–H groups in total. The zero-order valence-electron chi connectivity index (χ0n) is 21.6. The summed E-state index contributed by atoms with van der Waals surface area (Å²) in [4.78, 5) is 0. The molecule has 3 saturated carbocycles. The molecule has 184 valence electrons. The fourth-order valence-electron chi connectivity index (χ4n) is 8.87. The van der Waals surface area contributed by atoms with Crippen LogP contribution in [0.15, 0.2) is 64.3 Å². The zero-order valence-corrected chi connectivity index (χ0v) is 21.6. The second kappa shape index (κ2) is 8.69. The number of benzene rings is 2. The average molecular weight is 469 g/mol. The Bertz CT molecular complexity index is 1210. The molecule has 0 radical (unpaired) electrons. The summed E-state index contributed by atoms with van der Waals surface area (Å²) in [5.41, 5.74) is 4.53. The third-order valence-electron chi connectivity index (χ3n) is 10.8. The van der Waals surface area contributed by atoms with E-state index in [9.17, 15) is 5.11 Å². The third-order valence-corrected chi connectivity index (χ3v) is 10.8. The smallest absolute Gasteiger partial charge is 0.0577 e. The number of hydrogen-bond acceptors (Lipinski definition) is 3. The maximum Gasteiger partial charge on any atom is 0.0577 e. The molecular weight excluding hydrogens is 428 g/mol. The van der Waals surface area contributed by atoms with Gasteiger partial charge in [-0.3, -0.25) is 0 Å². The van der Waals surface area contributed by atoms with Gasteiger partial charge in [-0.15, -0.1) is 0 Å². The van der Waals surface area contributed by atoms with Crippen molar-refractivity contribution in [2.75, 3.05) is 0 Å². The number of hydrogen-bond donors (Lipinski definition) is 1. The highest BCUT2D eigenvalue weighted by Gasteiger charge is 2.58. The molecular formula is C32H40N2O. The van der Waals surface area contributed by atoms with Crippen molar-refractivity contribution < 1.29 is 5.11 Å². The molecule has 0 amide bonds. The Kier molecular flexibility index (Phi) is 5.75. The Balaban J connectivity index is 1.20. The number of fused-ring (bicyclic) bond motifs is 6. The van der Waals surface area contributed by atoms with E-state index < -0.39 is 0 Å². The molecule has 4 aliphatic rings. The monoisotopic (exact) mass is 468 g/mol. The van der Waals surface area contributed by atoms with Gasteiger partial charge in [0.2, 0.25) is 0 Å². The first-order valence-corrected chi connectivity index (χ1v) is 13.8. The van der Waals surface area contributed by atoms with Gasteiger partial charge in [0, 0.05) is 11.6 Å². The summed E-state index contributed by atoms with van der Waals surface area (Å²) in [6.45, 7) is 7.29. The van der Waals surface area contributed by atoms with Gasteiger partial charge in [0.25, 0.3) is 0 Å². The standard InChI is InChI=1S/C32H40N2O/c1-21(34-33-20-22-8-9-23-6-4-5-7-24(23)18-22)28-12-13-29-27-11-10-25-19-26(35)14-16-31(25,2)30(27)15-17-32(28,29)3/h4-10,18,20,26-30,35H,11-17,19H2,1-3H3/b33-20+,34-21-/t26-,27?,28?,29?,30?,31?,32?/m0/s1. The number of allylic oxidation sites excluding steroid dienone is 1. The van der Waals surface area contributed by atoms with Gasteiger partial charge in [0.15, 0.2) is 0 Å². The van der Waals surface area contributed by atoms with Crippen LogP contribution in [-0.4, -0.2) is 23.1 Å². The van der Waals surface area contributed by atoms with Gasteiger partial charge in [-0.2, -0.15) is 10.2 Å². The molecule has 35 heavy (non-hydrogen) atoms. The molecule has 0 saturated heterocycles. The molecule has 0 aliphatic heterocycles. The molecule has 3 fully saturated rings. The highest BCUT2D eigenvalue weighted by atomic mass is 16.3. The van der Waals surface area contributed by atoms with E-state index in [1.165, 1.54) is 48.6 Å². The van der Waals surface area contributed by atoms with E-state index in [4.69, 9.17) is 5.10 Å². The molecule has 6 unspecified atom stereocenters. The molecule has 4 aliphatic carbocycles. The summed E-state index contributed by atoms with van der Waals surface area (Å²) >= 11 is 0. The lowest BCUT2D eigenvalue weighted by Crippen LogP contribution is -2.50. The Labute approximate surface area is 210 Å². The summed E-state index contributed by atoms with van der Waals surface area (Å²) in [6.07, 6.45) is 13.8. The van der Waals surface area contributed by atoms with Crippen LogP contribution in [0.4, 0.5) is 0 Å². The van der Waals surface area contributed by atoms with E-state index >= 15 is 0 Å². The van der Waals surface area contributed by atoms with Crippen LogP contribution in [0.3, 0.4) is 0 Å². The van der Waals surface area contributed by atoms with Gasteiger partial charge >= 0.3 is 0 Å². The summed E-state index contributed by atoms with van der Waals surface area (Å²) in [5, 5.41) is 22.1. The molecule has 0 spiro atoms. The third kappa shape index (κ3) is 3.82. The van der Waals surface area contributed by atoms with Crippen LogP contribution in [0.5, 0.6) is 0 Å². The maximum absolute atomic E-state index is 10.3. The Morgan fingerprint density at radius 2 is 1.80 bits per heavy atom. The SMILES string of the molecule is C/C(=N/N=C/c1ccc2ccccc2c1)C1CCC2C3CC=C4C[C@@H](O)CCC4(C)C3CCC12C. The number of aliphatic hydroxyl groups excluding tert-OH is 1.